The second-order valence-corrected chi connectivity index (χ2v) is 4.81. The Balaban J connectivity index is 3.39. The maximum absolute atomic E-state index is 5.25. The molecular formula is C9H10I2O. The highest BCUT2D eigenvalue weighted by Crippen LogP contribution is 2.30. The minimum atomic E-state index is 0.978. The van der Waals surface area contributed by atoms with Crippen LogP contribution in [0.15, 0.2) is 6.07 Å². The van der Waals surface area contributed by atoms with E-state index in [9.17, 15) is 0 Å². The lowest BCUT2D eigenvalue weighted by Crippen LogP contribution is -1.95. The van der Waals surface area contributed by atoms with Crippen molar-refractivity contribution in [2.24, 2.45) is 0 Å². The van der Waals surface area contributed by atoms with Gasteiger partial charge in [0, 0.05) is 3.57 Å². The van der Waals surface area contributed by atoms with Gasteiger partial charge in [-0.1, -0.05) is 0 Å². The van der Waals surface area contributed by atoms with Gasteiger partial charge in [0.1, 0.15) is 5.75 Å². The molecule has 0 unspecified atom stereocenters. The molecule has 1 nitrogen and oxygen atoms in total. The van der Waals surface area contributed by atoms with Crippen molar-refractivity contribution < 1.29 is 4.74 Å². The van der Waals surface area contributed by atoms with Gasteiger partial charge in [-0.25, -0.2) is 0 Å². The average Bonchev–Trinajstić information content (AvgIpc) is 2.08. The molecule has 0 fully saturated rings. The lowest BCUT2D eigenvalue weighted by molar-refractivity contribution is 0.411. The predicted octanol–water partition coefficient (Wildman–Crippen LogP) is 3.52. The van der Waals surface area contributed by atoms with Crippen molar-refractivity contribution in [3.05, 3.63) is 24.3 Å². The molecule has 0 aliphatic carbocycles. The first-order chi connectivity index (χ1) is 5.57. The van der Waals surface area contributed by atoms with Gasteiger partial charge in [0.15, 0.2) is 0 Å². The normalized spacial score (nSPS) is 10.1. The molecule has 0 saturated carbocycles. The van der Waals surface area contributed by atoms with Gasteiger partial charge in [0.25, 0.3) is 0 Å². The van der Waals surface area contributed by atoms with Gasteiger partial charge in [-0.3, -0.25) is 0 Å². The molecule has 0 aromatic heterocycles. The maximum atomic E-state index is 5.25. The second kappa shape index (κ2) is 4.13. The number of halogens is 2. The van der Waals surface area contributed by atoms with Crippen LogP contribution in [0, 0.1) is 21.0 Å². The lowest BCUT2D eigenvalue weighted by Gasteiger charge is -2.10. The number of aryl methyl sites for hydroxylation is 1. The van der Waals surface area contributed by atoms with Crippen molar-refractivity contribution >= 4 is 45.2 Å². The summed E-state index contributed by atoms with van der Waals surface area (Å²) in [6, 6.07) is 2.08. The zero-order valence-electron chi connectivity index (χ0n) is 7.24. The van der Waals surface area contributed by atoms with E-state index in [1.165, 1.54) is 18.3 Å². The average molecular weight is 388 g/mol. The van der Waals surface area contributed by atoms with Crippen LogP contribution in [0.1, 0.15) is 11.1 Å². The van der Waals surface area contributed by atoms with Gasteiger partial charge < -0.3 is 4.74 Å². The first-order valence-corrected chi connectivity index (χ1v) is 5.73. The van der Waals surface area contributed by atoms with Crippen molar-refractivity contribution in [1.82, 2.24) is 0 Å². The lowest BCUT2D eigenvalue weighted by atomic mass is 10.1. The largest absolute Gasteiger partial charge is 0.496 e. The molecule has 0 spiro atoms. The zero-order valence-corrected chi connectivity index (χ0v) is 11.6. The molecule has 0 heterocycles. The number of hydrogen-bond donors (Lipinski definition) is 0. The summed E-state index contributed by atoms with van der Waals surface area (Å²) < 4.78 is 7.80. The molecule has 0 N–H and O–H groups in total. The molecule has 66 valence electrons. The Kier molecular flexibility index (Phi) is 3.63. The number of ether oxygens (including phenoxy) is 1. The summed E-state index contributed by atoms with van der Waals surface area (Å²) in [6.45, 7) is 4.23. The fraction of sp³-hybridized carbons (Fsp3) is 0.333. The van der Waals surface area contributed by atoms with Crippen LogP contribution < -0.4 is 4.74 Å². The molecule has 0 atom stereocenters. The highest BCUT2D eigenvalue weighted by molar-refractivity contribution is 14.1. The van der Waals surface area contributed by atoms with E-state index < -0.39 is 0 Å². The Labute approximate surface area is 100 Å². The summed E-state index contributed by atoms with van der Waals surface area (Å²) in [5.41, 5.74) is 2.60. The fourth-order valence-corrected chi connectivity index (χ4v) is 2.64. The fourth-order valence-electron chi connectivity index (χ4n) is 1.05. The van der Waals surface area contributed by atoms with Crippen molar-refractivity contribution in [3.63, 3.8) is 0 Å². The Hall–Kier alpha value is 0.480. The predicted molar refractivity (Wildman–Crippen MR) is 67.9 cm³/mol. The maximum Gasteiger partial charge on any atom is 0.132 e. The Morgan fingerprint density at radius 3 is 2.25 bits per heavy atom. The Morgan fingerprint density at radius 1 is 1.17 bits per heavy atom. The quantitative estimate of drug-likeness (QED) is 0.670. The molecule has 12 heavy (non-hydrogen) atoms. The summed E-state index contributed by atoms with van der Waals surface area (Å²) in [4.78, 5) is 0. The number of benzene rings is 1. The summed E-state index contributed by atoms with van der Waals surface area (Å²) in [5.74, 6) is 0.978. The molecule has 1 rings (SSSR count). The van der Waals surface area contributed by atoms with Crippen LogP contribution in [0.3, 0.4) is 0 Å². The molecule has 0 saturated heterocycles. The molecule has 1 aromatic rings. The molecule has 0 aliphatic rings. The molecular weight excluding hydrogens is 378 g/mol. The highest BCUT2D eigenvalue weighted by Gasteiger charge is 2.08. The van der Waals surface area contributed by atoms with E-state index in [0.29, 0.717) is 0 Å². The standard InChI is InChI=1S/C9H10I2O/c1-5-4-7(12-3)9(11)6(2)8(5)10/h4H,1-3H3. The van der Waals surface area contributed by atoms with Crippen LogP contribution in [0.25, 0.3) is 0 Å². The van der Waals surface area contributed by atoms with E-state index in [1.54, 1.807) is 7.11 Å². The Morgan fingerprint density at radius 2 is 1.75 bits per heavy atom. The minimum absolute atomic E-state index is 0.978. The van der Waals surface area contributed by atoms with Crippen molar-refractivity contribution in [1.29, 1.82) is 0 Å². The zero-order chi connectivity index (χ0) is 9.30. The van der Waals surface area contributed by atoms with Crippen molar-refractivity contribution in [3.8, 4) is 5.75 Å². The third kappa shape index (κ3) is 1.86. The number of hydrogen-bond acceptors (Lipinski definition) is 1. The van der Waals surface area contributed by atoms with Gasteiger partial charge >= 0.3 is 0 Å². The van der Waals surface area contributed by atoms with Gasteiger partial charge in [0.05, 0.1) is 10.7 Å². The highest BCUT2D eigenvalue weighted by atomic mass is 127. The van der Waals surface area contributed by atoms with Gasteiger partial charge in [-0.2, -0.15) is 0 Å². The molecule has 0 aliphatic heterocycles. The van der Waals surface area contributed by atoms with E-state index in [2.05, 4.69) is 65.1 Å². The first kappa shape index (κ1) is 10.6. The van der Waals surface area contributed by atoms with Crippen molar-refractivity contribution in [2.45, 2.75) is 13.8 Å². The number of rotatable bonds is 1. The van der Waals surface area contributed by atoms with Crippen LogP contribution in [0.5, 0.6) is 5.75 Å². The molecule has 0 amide bonds. The van der Waals surface area contributed by atoms with E-state index in [-0.39, 0.29) is 0 Å². The third-order valence-corrected chi connectivity index (χ3v) is 4.79. The van der Waals surface area contributed by atoms with E-state index in [4.69, 9.17) is 4.74 Å². The van der Waals surface area contributed by atoms with Crippen LogP contribution in [0.4, 0.5) is 0 Å². The molecule has 0 radical (unpaired) electrons. The second-order valence-electron chi connectivity index (χ2n) is 2.65. The van der Waals surface area contributed by atoms with Crippen molar-refractivity contribution in [2.75, 3.05) is 7.11 Å². The van der Waals surface area contributed by atoms with Gasteiger partial charge in [-0.15, -0.1) is 0 Å². The topological polar surface area (TPSA) is 9.23 Å². The van der Waals surface area contributed by atoms with E-state index in [0.717, 1.165) is 5.75 Å². The van der Waals surface area contributed by atoms with Gasteiger partial charge in [0.2, 0.25) is 0 Å². The van der Waals surface area contributed by atoms with Crippen LogP contribution in [0.2, 0.25) is 0 Å². The van der Waals surface area contributed by atoms with E-state index >= 15 is 0 Å². The van der Waals surface area contributed by atoms with Crippen LogP contribution >= 0.6 is 45.2 Å². The number of methoxy groups -OCH3 is 1. The summed E-state index contributed by atoms with van der Waals surface area (Å²) in [6.07, 6.45) is 0. The smallest absolute Gasteiger partial charge is 0.132 e. The SMILES string of the molecule is COc1cc(C)c(I)c(C)c1I. The summed E-state index contributed by atoms with van der Waals surface area (Å²) in [5, 5.41) is 0. The van der Waals surface area contributed by atoms with Crippen LogP contribution in [-0.2, 0) is 0 Å². The monoisotopic (exact) mass is 388 g/mol. The summed E-state index contributed by atoms with van der Waals surface area (Å²) in [7, 11) is 1.71. The molecule has 1 aromatic carbocycles. The molecule has 0 bridgehead atoms. The van der Waals surface area contributed by atoms with Gasteiger partial charge in [-0.05, 0) is 76.2 Å². The molecule has 3 heteroatoms. The van der Waals surface area contributed by atoms with Crippen LogP contribution in [-0.4, -0.2) is 7.11 Å². The summed E-state index contributed by atoms with van der Waals surface area (Å²) >= 11 is 4.68. The Bertz CT molecular complexity index is 308. The van der Waals surface area contributed by atoms with E-state index in [1.807, 2.05) is 0 Å². The first-order valence-electron chi connectivity index (χ1n) is 3.57. The minimum Gasteiger partial charge on any atom is -0.496 e. The third-order valence-electron chi connectivity index (χ3n) is 1.79.